The van der Waals surface area contributed by atoms with Crippen molar-refractivity contribution in [2.45, 2.75) is 18.5 Å². The fraction of sp³-hybridized carbons (Fsp3) is 0.158. The Bertz CT molecular complexity index is 965. The molecule has 8 heteroatoms. The van der Waals surface area contributed by atoms with Crippen LogP contribution in [0, 0.1) is 0 Å². The van der Waals surface area contributed by atoms with Crippen molar-refractivity contribution in [3.63, 3.8) is 0 Å². The topological polar surface area (TPSA) is 69.8 Å². The summed E-state index contributed by atoms with van der Waals surface area (Å²) in [6, 6.07) is 14.3. The molecule has 0 fully saturated rings. The summed E-state index contributed by atoms with van der Waals surface area (Å²) in [6.07, 6.45) is -4.27. The molecule has 1 aromatic heterocycles. The van der Waals surface area contributed by atoms with Gasteiger partial charge in [-0.25, -0.2) is 0 Å². The van der Waals surface area contributed by atoms with Gasteiger partial charge in [-0.05, 0) is 29.8 Å². The number of alkyl halides is 3. The van der Waals surface area contributed by atoms with Crippen molar-refractivity contribution >= 4 is 23.2 Å². The molecule has 27 heavy (non-hydrogen) atoms. The van der Waals surface area contributed by atoms with E-state index < -0.39 is 17.7 Å². The molecule has 1 aliphatic heterocycles. The van der Waals surface area contributed by atoms with Crippen LogP contribution >= 0.6 is 0 Å². The standard InChI is InChI=1S/C19H15F3N4O/c20-19(21,22)12-8-6-11(7-9-12)14-10-15(27)24-18-16(14)17(25-26-18)23-13-4-2-1-3-5-13/h1-9,14H,10H2,(H3,23,24,25,26,27)/t14-/m1/s1. The Morgan fingerprint density at radius 1 is 1.04 bits per heavy atom. The molecule has 0 radical (unpaired) electrons. The van der Waals surface area contributed by atoms with Crippen molar-refractivity contribution in [3.8, 4) is 0 Å². The van der Waals surface area contributed by atoms with Gasteiger partial charge in [0.1, 0.15) is 5.82 Å². The van der Waals surface area contributed by atoms with E-state index in [1.807, 2.05) is 30.3 Å². The number of nitrogens with zero attached hydrogens (tertiary/aromatic N) is 1. The number of amides is 1. The van der Waals surface area contributed by atoms with Crippen LogP contribution < -0.4 is 10.6 Å². The van der Waals surface area contributed by atoms with E-state index in [1.54, 1.807) is 0 Å². The Morgan fingerprint density at radius 3 is 2.41 bits per heavy atom. The van der Waals surface area contributed by atoms with Gasteiger partial charge in [0.15, 0.2) is 5.82 Å². The SMILES string of the molecule is O=C1C[C@H](c2ccc(C(F)(F)F)cc2)c2c(n[nH]c2Nc2ccccc2)N1. The zero-order valence-corrected chi connectivity index (χ0v) is 14.0. The Kier molecular flexibility index (Phi) is 4.10. The van der Waals surface area contributed by atoms with Crippen LogP contribution in [0.1, 0.15) is 29.0 Å². The predicted octanol–water partition coefficient (Wildman–Crippen LogP) is 4.65. The van der Waals surface area contributed by atoms with Gasteiger partial charge in [-0.1, -0.05) is 30.3 Å². The molecule has 0 aliphatic carbocycles. The third-order valence-corrected chi connectivity index (χ3v) is 4.48. The van der Waals surface area contributed by atoms with Crippen LogP contribution in [-0.2, 0) is 11.0 Å². The minimum absolute atomic E-state index is 0.126. The van der Waals surface area contributed by atoms with Gasteiger partial charge in [0.05, 0.1) is 5.56 Å². The smallest absolute Gasteiger partial charge is 0.340 e. The number of carbonyl (C=O) groups is 1. The van der Waals surface area contributed by atoms with Crippen molar-refractivity contribution in [3.05, 3.63) is 71.3 Å². The maximum atomic E-state index is 12.8. The highest BCUT2D eigenvalue weighted by atomic mass is 19.4. The zero-order valence-electron chi connectivity index (χ0n) is 14.0. The molecule has 5 nitrogen and oxygen atoms in total. The Hall–Kier alpha value is -3.29. The molecule has 0 saturated carbocycles. The van der Waals surface area contributed by atoms with Crippen molar-refractivity contribution in [1.82, 2.24) is 10.2 Å². The number of para-hydroxylation sites is 1. The molecule has 0 unspecified atom stereocenters. The lowest BCUT2D eigenvalue weighted by Crippen LogP contribution is -2.23. The number of rotatable bonds is 3. The Labute approximate surface area is 152 Å². The number of aromatic amines is 1. The molecule has 0 spiro atoms. The largest absolute Gasteiger partial charge is 0.416 e. The van der Waals surface area contributed by atoms with Crippen LogP contribution in [0.15, 0.2) is 54.6 Å². The summed E-state index contributed by atoms with van der Waals surface area (Å²) < 4.78 is 38.5. The lowest BCUT2D eigenvalue weighted by atomic mass is 9.86. The van der Waals surface area contributed by atoms with Crippen LogP contribution in [0.4, 0.5) is 30.5 Å². The van der Waals surface area contributed by atoms with Gasteiger partial charge < -0.3 is 10.6 Å². The average molecular weight is 372 g/mol. The first-order chi connectivity index (χ1) is 12.9. The molecule has 1 atom stereocenters. The summed E-state index contributed by atoms with van der Waals surface area (Å²) in [4.78, 5) is 12.0. The van der Waals surface area contributed by atoms with E-state index in [9.17, 15) is 18.0 Å². The van der Waals surface area contributed by atoms with E-state index in [4.69, 9.17) is 0 Å². The summed E-state index contributed by atoms with van der Waals surface area (Å²) in [5.41, 5.74) is 1.45. The molecular formula is C19H15F3N4O. The van der Waals surface area contributed by atoms with Crippen LogP contribution in [0.3, 0.4) is 0 Å². The zero-order chi connectivity index (χ0) is 19.0. The van der Waals surface area contributed by atoms with Crippen LogP contribution in [0.2, 0.25) is 0 Å². The van der Waals surface area contributed by atoms with Crippen LogP contribution in [-0.4, -0.2) is 16.1 Å². The number of halogens is 3. The van der Waals surface area contributed by atoms with E-state index in [-0.39, 0.29) is 12.3 Å². The lowest BCUT2D eigenvalue weighted by Gasteiger charge is -2.24. The number of nitrogens with one attached hydrogen (secondary N) is 3. The summed E-state index contributed by atoms with van der Waals surface area (Å²) in [7, 11) is 0. The van der Waals surface area contributed by atoms with E-state index in [0.717, 1.165) is 23.4 Å². The third-order valence-electron chi connectivity index (χ3n) is 4.48. The first-order valence-electron chi connectivity index (χ1n) is 8.29. The number of hydrogen-bond acceptors (Lipinski definition) is 3. The number of carbonyl (C=O) groups excluding carboxylic acids is 1. The van der Waals surface area contributed by atoms with Gasteiger partial charge >= 0.3 is 6.18 Å². The highest BCUT2D eigenvalue weighted by Crippen LogP contribution is 2.41. The molecule has 3 aromatic rings. The Morgan fingerprint density at radius 2 is 1.74 bits per heavy atom. The van der Waals surface area contributed by atoms with E-state index in [2.05, 4.69) is 20.8 Å². The molecule has 4 rings (SSSR count). The normalized spacial score (nSPS) is 16.6. The summed E-state index contributed by atoms with van der Waals surface area (Å²) in [5, 5.41) is 12.9. The lowest BCUT2D eigenvalue weighted by molar-refractivity contribution is -0.137. The second kappa shape index (κ2) is 6.46. The fourth-order valence-electron chi connectivity index (χ4n) is 3.21. The highest BCUT2D eigenvalue weighted by Gasteiger charge is 2.34. The van der Waals surface area contributed by atoms with Gasteiger partial charge in [0, 0.05) is 23.6 Å². The minimum atomic E-state index is -4.40. The number of fused-ring (bicyclic) bond motifs is 1. The highest BCUT2D eigenvalue weighted by molar-refractivity contribution is 5.95. The second-order valence-corrected chi connectivity index (χ2v) is 6.28. The number of anilines is 3. The minimum Gasteiger partial charge on any atom is -0.340 e. The first kappa shape index (κ1) is 17.1. The summed E-state index contributed by atoms with van der Waals surface area (Å²) in [6.45, 7) is 0. The fourth-order valence-corrected chi connectivity index (χ4v) is 3.21. The molecule has 0 bridgehead atoms. The van der Waals surface area contributed by atoms with Gasteiger partial charge in [0.25, 0.3) is 0 Å². The second-order valence-electron chi connectivity index (χ2n) is 6.28. The maximum absolute atomic E-state index is 12.8. The number of benzene rings is 2. The van der Waals surface area contributed by atoms with Gasteiger partial charge in [-0.2, -0.15) is 18.3 Å². The van der Waals surface area contributed by atoms with Crippen LogP contribution in [0.25, 0.3) is 0 Å². The molecule has 1 aliphatic rings. The van der Waals surface area contributed by atoms with E-state index in [0.29, 0.717) is 17.2 Å². The molecular weight excluding hydrogens is 357 g/mol. The van der Waals surface area contributed by atoms with Gasteiger partial charge in [-0.3, -0.25) is 9.89 Å². The molecule has 138 valence electrons. The molecule has 1 amide bonds. The predicted molar refractivity (Wildman–Crippen MR) is 94.8 cm³/mol. The summed E-state index contributed by atoms with van der Waals surface area (Å²) >= 11 is 0. The Balaban J connectivity index is 1.71. The average Bonchev–Trinajstić information content (AvgIpc) is 3.04. The van der Waals surface area contributed by atoms with Crippen molar-refractivity contribution in [2.75, 3.05) is 10.6 Å². The van der Waals surface area contributed by atoms with Crippen molar-refractivity contribution in [2.24, 2.45) is 0 Å². The van der Waals surface area contributed by atoms with Crippen molar-refractivity contribution in [1.29, 1.82) is 0 Å². The molecule has 2 heterocycles. The molecule has 0 saturated heterocycles. The maximum Gasteiger partial charge on any atom is 0.416 e. The van der Waals surface area contributed by atoms with Crippen LogP contribution in [0.5, 0.6) is 0 Å². The van der Waals surface area contributed by atoms with E-state index in [1.165, 1.54) is 12.1 Å². The monoisotopic (exact) mass is 372 g/mol. The first-order valence-corrected chi connectivity index (χ1v) is 8.29. The van der Waals surface area contributed by atoms with E-state index >= 15 is 0 Å². The quantitative estimate of drug-likeness (QED) is 0.627. The van der Waals surface area contributed by atoms with Gasteiger partial charge in [0.2, 0.25) is 5.91 Å². The van der Waals surface area contributed by atoms with Crippen molar-refractivity contribution < 1.29 is 18.0 Å². The number of aromatic nitrogens is 2. The summed E-state index contributed by atoms with van der Waals surface area (Å²) in [5.74, 6) is 0.349. The number of hydrogen-bond donors (Lipinski definition) is 3. The molecule has 2 aromatic carbocycles. The third kappa shape index (κ3) is 3.38. The molecule has 3 N–H and O–H groups in total. The number of H-pyrrole nitrogens is 1. The van der Waals surface area contributed by atoms with Gasteiger partial charge in [-0.15, -0.1) is 0 Å².